The summed E-state index contributed by atoms with van der Waals surface area (Å²) < 4.78 is 1.10. The molecular formula is C25H31N5O4. The Balaban J connectivity index is 2.06. The monoisotopic (exact) mass is 465 g/mol. The quantitative estimate of drug-likeness (QED) is 0.378. The SMILES string of the molecule is CCC(Nc1c(Nc2cccc(C(=O)N(C)C(C)C)c2O)c(=O)[nH]n(C)c1=O)c1ccccc1. The van der Waals surface area contributed by atoms with Crippen molar-refractivity contribution in [1.29, 1.82) is 0 Å². The molecule has 0 saturated carbocycles. The molecule has 0 bridgehead atoms. The number of H-pyrrole nitrogens is 1. The van der Waals surface area contributed by atoms with Crippen molar-refractivity contribution in [3.63, 3.8) is 0 Å². The molecule has 34 heavy (non-hydrogen) atoms. The van der Waals surface area contributed by atoms with Crippen molar-refractivity contribution in [2.75, 3.05) is 17.7 Å². The molecule has 0 aliphatic carbocycles. The van der Waals surface area contributed by atoms with Gasteiger partial charge in [-0.05, 0) is 38.0 Å². The highest BCUT2D eigenvalue weighted by molar-refractivity contribution is 5.99. The average Bonchev–Trinajstić information content (AvgIpc) is 2.83. The van der Waals surface area contributed by atoms with E-state index in [1.54, 1.807) is 13.1 Å². The van der Waals surface area contributed by atoms with Gasteiger partial charge in [0.05, 0.1) is 17.3 Å². The van der Waals surface area contributed by atoms with E-state index >= 15 is 0 Å². The van der Waals surface area contributed by atoms with E-state index in [1.807, 2.05) is 51.1 Å². The summed E-state index contributed by atoms with van der Waals surface area (Å²) in [5, 5.41) is 19.4. The number of carbonyl (C=O) groups excluding carboxylic acids is 1. The molecule has 180 valence electrons. The molecule has 0 saturated heterocycles. The molecule has 1 heterocycles. The minimum absolute atomic E-state index is 0.0467. The average molecular weight is 466 g/mol. The molecule has 1 aromatic heterocycles. The van der Waals surface area contributed by atoms with Gasteiger partial charge in [0, 0.05) is 20.1 Å². The Kier molecular flexibility index (Phi) is 7.45. The van der Waals surface area contributed by atoms with Gasteiger partial charge >= 0.3 is 0 Å². The van der Waals surface area contributed by atoms with Gasteiger partial charge in [-0.15, -0.1) is 0 Å². The second kappa shape index (κ2) is 10.3. The number of nitrogens with one attached hydrogen (secondary N) is 3. The summed E-state index contributed by atoms with van der Waals surface area (Å²) in [6.07, 6.45) is 0.663. The summed E-state index contributed by atoms with van der Waals surface area (Å²) in [7, 11) is 3.11. The number of nitrogens with zero attached hydrogens (tertiary/aromatic N) is 2. The predicted octanol–water partition coefficient (Wildman–Crippen LogP) is 3.57. The van der Waals surface area contributed by atoms with Crippen molar-refractivity contribution in [2.45, 2.75) is 39.3 Å². The van der Waals surface area contributed by atoms with E-state index in [2.05, 4.69) is 15.7 Å². The van der Waals surface area contributed by atoms with Crippen LogP contribution in [0.4, 0.5) is 17.1 Å². The fraction of sp³-hybridized carbons (Fsp3) is 0.320. The predicted molar refractivity (Wildman–Crippen MR) is 134 cm³/mol. The number of hydrogen-bond donors (Lipinski definition) is 4. The van der Waals surface area contributed by atoms with Crippen molar-refractivity contribution >= 4 is 23.0 Å². The van der Waals surface area contributed by atoms with E-state index in [0.29, 0.717) is 6.42 Å². The lowest BCUT2D eigenvalue weighted by Gasteiger charge is -2.23. The zero-order chi connectivity index (χ0) is 25.0. The molecule has 0 aliphatic rings. The van der Waals surface area contributed by atoms with E-state index in [9.17, 15) is 19.5 Å². The van der Waals surface area contributed by atoms with Gasteiger partial charge in [-0.2, -0.15) is 0 Å². The lowest BCUT2D eigenvalue weighted by molar-refractivity contribution is 0.0752. The third-order valence-corrected chi connectivity index (χ3v) is 5.81. The van der Waals surface area contributed by atoms with Gasteiger partial charge in [-0.3, -0.25) is 24.2 Å². The van der Waals surface area contributed by atoms with Crippen LogP contribution in [0.3, 0.4) is 0 Å². The Morgan fingerprint density at radius 2 is 1.76 bits per heavy atom. The zero-order valence-electron chi connectivity index (χ0n) is 20.0. The number of para-hydroxylation sites is 1. The van der Waals surface area contributed by atoms with E-state index in [4.69, 9.17) is 0 Å². The molecule has 1 amide bonds. The Labute approximate surface area is 198 Å². The molecule has 9 heteroatoms. The maximum atomic E-state index is 13.0. The van der Waals surface area contributed by atoms with Crippen molar-refractivity contribution < 1.29 is 9.90 Å². The molecule has 4 N–H and O–H groups in total. The van der Waals surface area contributed by atoms with Gasteiger partial charge in [0.15, 0.2) is 5.75 Å². The third kappa shape index (κ3) is 4.98. The van der Waals surface area contributed by atoms with Gasteiger partial charge in [0.1, 0.15) is 11.4 Å². The lowest BCUT2D eigenvalue weighted by Crippen LogP contribution is -2.33. The topological polar surface area (TPSA) is 119 Å². The fourth-order valence-electron chi connectivity index (χ4n) is 3.56. The van der Waals surface area contributed by atoms with Crippen LogP contribution in [0.25, 0.3) is 0 Å². The molecule has 0 aliphatic heterocycles. The first-order valence-corrected chi connectivity index (χ1v) is 11.2. The number of rotatable bonds is 8. The van der Waals surface area contributed by atoms with Crippen LogP contribution in [-0.4, -0.2) is 38.8 Å². The van der Waals surface area contributed by atoms with Gasteiger partial charge in [0.25, 0.3) is 17.0 Å². The Morgan fingerprint density at radius 3 is 2.38 bits per heavy atom. The van der Waals surface area contributed by atoms with Crippen molar-refractivity contribution in [3.05, 3.63) is 80.4 Å². The highest BCUT2D eigenvalue weighted by Crippen LogP contribution is 2.32. The second-order valence-electron chi connectivity index (χ2n) is 8.41. The maximum absolute atomic E-state index is 13.0. The first-order valence-electron chi connectivity index (χ1n) is 11.2. The van der Waals surface area contributed by atoms with Crippen LogP contribution < -0.4 is 21.8 Å². The van der Waals surface area contributed by atoms with E-state index in [-0.39, 0.29) is 46.4 Å². The minimum Gasteiger partial charge on any atom is -0.505 e. The van der Waals surface area contributed by atoms with Crippen molar-refractivity contribution in [2.24, 2.45) is 7.05 Å². The Bertz CT molecular complexity index is 1280. The summed E-state index contributed by atoms with van der Waals surface area (Å²) in [4.78, 5) is 40.2. The lowest BCUT2D eigenvalue weighted by atomic mass is 10.0. The largest absolute Gasteiger partial charge is 0.505 e. The molecule has 0 radical (unpaired) electrons. The normalized spacial score (nSPS) is 11.8. The number of phenolic OH excluding ortho intramolecular Hbond substituents is 1. The van der Waals surface area contributed by atoms with Crippen LogP contribution in [0.2, 0.25) is 0 Å². The highest BCUT2D eigenvalue weighted by Gasteiger charge is 2.23. The van der Waals surface area contributed by atoms with Gasteiger partial charge in [-0.25, -0.2) is 0 Å². The molecule has 0 spiro atoms. The number of benzene rings is 2. The van der Waals surface area contributed by atoms with E-state index in [1.165, 1.54) is 24.1 Å². The van der Waals surface area contributed by atoms with Gasteiger partial charge < -0.3 is 20.6 Å². The molecule has 1 atom stereocenters. The van der Waals surface area contributed by atoms with Crippen LogP contribution >= 0.6 is 0 Å². The van der Waals surface area contributed by atoms with Gasteiger partial charge in [0.2, 0.25) is 0 Å². The van der Waals surface area contributed by atoms with Crippen LogP contribution in [0.1, 0.15) is 49.2 Å². The summed E-state index contributed by atoms with van der Waals surface area (Å²) in [5.74, 6) is -0.663. The van der Waals surface area contributed by atoms with E-state index in [0.717, 1.165) is 10.2 Å². The van der Waals surface area contributed by atoms with E-state index < -0.39 is 11.1 Å². The van der Waals surface area contributed by atoms with Crippen LogP contribution in [0, 0.1) is 0 Å². The number of carbonyl (C=O) groups is 1. The molecule has 9 nitrogen and oxygen atoms in total. The first-order chi connectivity index (χ1) is 16.1. The summed E-state index contributed by atoms with van der Waals surface area (Å²) in [5.41, 5.74) is 0.215. The number of aryl methyl sites for hydroxylation is 1. The highest BCUT2D eigenvalue weighted by atomic mass is 16.3. The van der Waals surface area contributed by atoms with Crippen LogP contribution in [-0.2, 0) is 7.05 Å². The molecular weight excluding hydrogens is 434 g/mol. The second-order valence-corrected chi connectivity index (χ2v) is 8.41. The standard InChI is InChI=1S/C25H31N5O4/c1-6-18(16-11-8-7-9-12-16)26-21-20(23(32)28-30(5)25(21)34)27-19-14-10-13-17(22(19)31)24(33)29(4)15(2)3/h7-15,18,26-27,31H,6H2,1-5H3,(H,28,32). The molecule has 2 aromatic carbocycles. The molecule has 1 unspecified atom stereocenters. The first kappa shape index (κ1) is 24.6. The Morgan fingerprint density at radius 1 is 1.09 bits per heavy atom. The maximum Gasteiger partial charge on any atom is 0.290 e. The van der Waals surface area contributed by atoms with Gasteiger partial charge in [-0.1, -0.05) is 43.3 Å². The molecule has 3 rings (SSSR count). The van der Waals surface area contributed by atoms with Crippen LogP contribution in [0.5, 0.6) is 5.75 Å². The number of aromatic nitrogens is 2. The minimum atomic E-state index is -0.553. The summed E-state index contributed by atoms with van der Waals surface area (Å²) in [6.45, 7) is 5.71. The number of phenols is 1. The fourth-order valence-corrected chi connectivity index (χ4v) is 3.56. The number of aromatic amines is 1. The van der Waals surface area contributed by atoms with Crippen molar-refractivity contribution in [1.82, 2.24) is 14.7 Å². The smallest absolute Gasteiger partial charge is 0.290 e. The summed E-state index contributed by atoms with van der Waals surface area (Å²) >= 11 is 0. The number of hydrogen-bond acceptors (Lipinski definition) is 6. The number of amides is 1. The van der Waals surface area contributed by atoms with Crippen molar-refractivity contribution in [3.8, 4) is 5.75 Å². The number of aromatic hydroxyl groups is 1. The van der Waals surface area contributed by atoms with Crippen LogP contribution in [0.15, 0.2) is 58.1 Å². The summed E-state index contributed by atoms with van der Waals surface area (Å²) in [6, 6.07) is 14.0. The molecule has 3 aromatic rings. The number of anilines is 3. The Hall–Kier alpha value is -4.01. The third-order valence-electron chi connectivity index (χ3n) is 5.81. The zero-order valence-corrected chi connectivity index (χ0v) is 20.0. The molecule has 0 fully saturated rings.